The third-order valence-corrected chi connectivity index (χ3v) is 4.09. The number of halogens is 2. The van der Waals surface area contributed by atoms with Crippen molar-refractivity contribution in [3.05, 3.63) is 50.2 Å². The molecule has 8 heteroatoms. The Balaban J connectivity index is 2.18. The monoisotopic (exact) mass is 358 g/mol. The molecule has 0 bridgehead atoms. The van der Waals surface area contributed by atoms with E-state index in [1.54, 1.807) is 16.9 Å². The molecule has 0 radical (unpaired) electrons. The minimum Gasteiger partial charge on any atom is -0.258 e. The first-order chi connectivity index (χ1) is 9.51. The lowest BCUT2D eigenvalue weighted by atomic mass is 10.2. The predicted molar refractivity (Wildman–Crippen MR) is 78.8 cm³/mol. The van der Waals surface area contributed by atoms with Gasteiger partial charge in [0, 0.05) is 16.6 Å². The Kier molecular flexibility index (Phi) is 4.72. The highest BCUT2D eigenvalue weighted by molar-refractivity contribution is 9.10. The lowest BCUT2D eigenvalue weighted by Crippen LogP contribution is -2.01. The summed E-state index contributed by atoms with van der Waals surface area (Å²) in [4.78, 5) is 10.2. The van der Waals surface area contributed by atoms with Crippen LogP contribution in [0.5, 0.6) is 0 Å². The summed E-state index contributed by atoms with van der Waals surface area (Å²) in [6, 6.07) is 4.64. The summed E-state index contributed by atoms with van der Waals surface area (Å²) in [5.41, 5.74) is 1.66. The topological polar surface area (TPSA) is 73.8 Å². The molecule has 0 saturated heterocycles. The van der Waals surface area contributed by atoms with Crippen molar-refractivity contribution in [2.45, 2.75) is 25.3 Å². The normalized spacial score (nSPS) is 12.3. The van der Waals surface area contributed by atoms with Crippen LogP contribution in [0, 0.1) is 10.1 Å². The van der Waals surface area contributed by atoms with Crippen molar-refractivity contribution in [3.63, 3.8) is 0 Å². The standard InChI is InChI=1S/C12H12BrClN4O2/c1-2-11(14)12-7-17(16-15-12)6-8-3-4-9(18(19)20)5-10(8)13/h3-5,7,11H,2,6H2,1H3. The Bertz CT molecular complexity index is 632. The average molecular weight is 360 g/mol. The van der Waals surface area contributed by atoms with E-state index in [1.807, 2.05) is 6.92 Å². The number of benzene rings is 1. The Morgan fingerprint density at radius 2 is 2.30 bits per heavy atom. The Hall–Kier alpha value is -1.47. The molecule has 106 valence electrons. The van der Waals surface area contributed by atoms with Gasteiger partial charge in [-0.3, -0.25) is 10.1 Å². The van der Waals surface area contributed by atoms with Crippen LogP contribution < -0.4 is 0 Å². The van der Waals surface area contributed by atoms with Crippen molar-refractivity contribution >= 4 is 33.2 Å². The van der Waals surface area contributed by atoms with E-state index in [0.29, 0.717) is 11.0 Å². The molecule has 1 atom stereocenters. The minimum atomic E-state index is -0.429. The third-order valence-electron chi connectivity index (χ3n) is 2.82. The molecule has 1 aromatic carbocycles. The van der Waals surface area contributed by atoms with E-state index in [4.69, 9.17) is 11.6 Å². The number of hydrogen-bond donors (Lipinski definition) is 0. The number of nitro benzene ring substituents is 1. The summed E-state index contributed by atoms with van der Waals surface area (Å²) in [6.07, 6.45) is 2.57. The summed E-state index contributed by atoms with van der Waals surface area (Å²) in [6.45, 7) is 2.45. The fourth-order valence-corrected chi connectivity index (χ4v) is 2.29. The van der Waals surface area contributed by atoms with E-state index in [0.717, 1.165) is 17.7 Å². The van der Waals surface area contributed by atoms with E-state index in [9.17, 15) is 10.1 Å². The molecule has 0 N–H and O–H groups in total. The summed E-state index contributed by atoms with van der Waals surface area (Å²) in [5, 5.41) is 18.6. The van der Waals surface area contributed by atoms with Gasteiger partial charge in [0.15, 0.2) is 0 Å². The molecular weight excluding hydrogens is 348 g/mol. The predicted octanol–water partition coefficient (Wildman–Crippen LogP) is 3.69. The van der Waals surface area contributed by atoms with E-state index in [2.05, 4.69) is 26.2 Å². The zero-order valence-electron chi connectivity index (χ0n) is 10.7. The van der Waals surface area contributed by atoms with Gasteiger partial charge >= 0.3 is 0 Å². The molecule has 0 aliphatic rings. The van der Waals surface area contributed by atoms with Crippen LogP contribution in [0.1, 0.15) is 30.0 Å². The highest BCUT2D eigenvalue weighted by Gasteiger charge is 2.12. The van der Waals surface area contributed by atoms with Gasteiger partial charge in [-0.15, -0.1) is 16.7 Å². The first kappa shape index (κ1) is 14.9. The zero-order chi connectivity index (χ0) is 14.7. The first-order valence-corrected chi connectivity index (χ1v) is 7.21. The maximum Gasteiger partial charge on any atom is 0.270 e. The maximum atomic E-state index is 10.7. The fraction of sp³-hybridized carbons (Fsp3) is 0.333. The molecule has 1 aromatic heterocycles. The average Bonchev–Trinajstić information content (AvgIpc) is 2.88. The third kappa shape index (κ3) is 3.34. The molecule has 1 heterocycles. The number of nitro groups is 1. The number of hydrogen-bond acceptors (Lipinski definition) is 4. The molecule has 1 unspecified atom stereocenters. The van der Waals surface area contributed by atoms with Gasteiger partial charge in [0.05, 0.1) is 23.0 Å². The van der Waals surface area contributed by atoms with Crippen LogP contribution >= 0.6 is 27.5 Å². The first-order valence-electron chi connectivity index (χ1n) is 5.98. The van der Waals surface area contributed by atoms with Crippen LogP contribution in [-0.2, 0) is 6.54 Å². The van der Waals surface area contributed by atoms with E-state index >= 15 is 0 Å². The van der Waals surface area contributed by atoms with Crippen LogP contribution in [0.15, 0.2) is 28.9 Å². The van der Waals surface area contributed by atoms with Crippen molar-refractivity contribution in [1.82, 2.24) is 15.0 Å². The van der Waals surface area contributed by atoms with Crippen LogP contribution in [0.25, 0.3) is 0 Å². The second kappa shape index (κ2) is 6.32. The zero-order valence-corrected chi connectivity index (χ0v) is 13.0. The van der Waals surface area contributed by atoms with Gasteiger partial charge < -0.3 is 0 Å². The number of rotatable bonds is 5. The summed E-state index contributed by atoms with van der Waals surface area (Å²) in [5.74, 6) is 0. The molecule has 0 fully saturated rings. The number of alkyl halides is 1. The Morgan fingerprint density at radius 3 is 2.90 bits per heavy atom. The molecule has 0 aliphatic heterocycles. The van der Waals surface area contributed by atoms with E-state index in [1.165, 1.54) is 12.1 Å². The lowest BCUT2D eigenvalue weighted by Gasteiger charge is -2.04. The Labute approximate surface area is 129 Å². The van der Waals surface area contributed by atoms with E-state index in [-0.39, 0.29) is 11.1 Å². The van der Waals surface area contributed by atoms with Crippen molar-refractivity contribution in [1.29, 1.82) is 0 Å². The van der Waals surface area contributed by atoms with Gasteiger partial charge in [-0.1, -0.05) is 28.1 Å². The van der Waals surface area contributed by atoms with Gasteiger partial charge in [0.1, 0.15) is 5.69 Å². The second-order valence-corrected chi connectivity index (χ2v) is 5.63. The fourth-order valence-electron chi connectivity index (χ4n) is 1.70. The van der Waals surface area contributed by atoms with Crippen molar-refractivity contribution in [3.8, 4) is 0 Å². The SMILES string of the molecule is CCC(Cl)c1cn(Cc2ccc([N+](=O)[O-])cc2Br)nn1. The maximum absolute atomic E-state index is 10.7. The van der Waals surface area contributed by atoms with Crippen LogP contribution in [0.2, 0.25) is 0 Å². The summed E-state index contributed by atoms with van der Waals surface area (Å²) in [7, 11) is 0. The van der Waals surface area contributed by atoms with Crippen molar-refractivity contribution in [2.24, 2.45) is 0 Å². The molecule has 2 aromatic rings. The quantitative estimate of drug-likeness (QED) is 0.463. The molecule has 0 amide bonds. The highest BCUT2D eigenvalue weighted by Crippen LogP contribution is 2.24. The Morgan fingerprint density at radius 1 is 1.55 bits per heavy atom. The molecule has 0 saturated carbocycles. The largest absolute Gasteiger partial charge is 0.270 e. The number of aromatic nitrogens is 3. The van der Waals surface area contributed by atoms with Gasteiger partial charge in [-0.2, -0.15) is 0 Å². The molecule has 2 rings (SSSR count). The van der Waals surface area contributed by atoms with Crippen molar-refractivity contribution in [2.75, 3.05) is 0 Å². The van der Waals surface area contributed by atoms with Gasteiger partial charge in [-0.25, -0.2) is 4.68 Å². The number of nitrogens with zero attached hydrogens (tertiary/aromatic N) is 4. The summed E-state index contributed by atoms with van der Waals surface area (Å²) >= 11 is 9.42. The van der Waals surface area contributed by atoms with Gasteiger partial charge in [-0.05, 0) is 18.1 Å². The smallest absolute Gasteiger partial charge is 0.258 e. The van der Waals surface area contributed by atoms with Crippen LogP contribution in [0.3, 0.4) is 0 Å². The molecule has 0 aliphatic carbocycles. The van der Waals surface area contributed by atoms with Crippen LogP contribution in [-0.4, -0.2) is 19.9 Å². The van der Waals surface area contributed by atoms with Crippen LogP contribution in [0.4, 0.5) is 5.69 Å². The van der Waals surface area contributed by atoms with Gasteiger partial charge in [0.2, 0.25) is 0 Å². The van der Waals surface area contributed by atoms with Gasteiger partial charge in [0.25, 0.3) is 5.69 Å². The highest BCUT2D eigenvalue weighted by atomic mass is 79.9. The molecule has 6 nitrogen and oxygen atoms in total. The summed E-state index contributed by atoms with van der Waals surface area (Å²) < 4.78 is 2.33. The minimum absolute atomic E-state index is 0.0479. The molecule has 20 heavy (non-hydrogen) atoms. The number of non-ortho nitro benzene ring substituents is 1. The lowest BCUT2D eigenvalue weighted by molar-refractivity contribution is -0.384. The van der Waals surface area contributed by atoms with E-state index < -0.39 is 4.92 Å². The molecular formula is C12H12BrClN4O2. The van der Waals surface area contributed by atoms with Crippen molar-refractivity contribution < 1.29 is 4.92 Å². The second-order valence-electron chi connectivity index (χ2n) is 4.25. The molecule has 0 spiro atoms.